The fraction of sp³-hybridized carbons (Fsp3) is 0.400. The molecule has 0 nitrogen and oxygen atoms in total. The fourth-order valence-corrected chi connectivity index (χ4v) is 3.55. The topological polar surface area (TPSA) is 0 Å². The predicted octanol–water partition coefficient (Wildman–Crippen LogP) is 5.16. The van der Waals surface area contributed by atoms with E-state index >= 15 is 0 Å². The van der Waals surface area contributed by atoms with E-state index in [0.29, 0.717) is 0 Å². The van der Waals surface area contributed by atoms with Crippen molar-refractivity contribution in [1.82, 2.24) is 0 Å². The minimum atomic E-state index is 0.802. The van der Waals surface area contributed by atoms with Gasteiger partial charge in [0.1, 0.15) is 0 Å². The van der Waals surface area contributed by atoms with Gasteiger partial charge in [0.05, 0.1) is 0 Å². The molecule has 0 spiro atoms. The van der Waals surface area contributed by atoms with E-state index in [1.54, 1.807) is 22.3 Å². The summed E-state index contributed by atoms with van der Waals surface area (Å²) in [6.45, 7) is 4.63. The summed E-state index contributed by atoms with van der Waals surface area (Å²) in [5, 5.41) is 0. The second-order valence-electron chi connectivity index (χ2n) is 6.42. The van der Waals surface area contributed by atoms with Crippen molar-refractivity contribution in [1.29, 1.82) is 0 Å². The van der Waals surface area contributed by atoms with Crippen molar-refractivity contribution in [3.63, 3.8) is 0 Å². The molecule has 20 heavy (non-hydrogen) atoms. The summed E-state index contributed by atoms with van der Waals surface area (Å²) in [6.07, 6.45) is 5.21. The zero-order chi connectivity index (χ0) is 13.9. The molecule has 1 atom stereocenters. The quantitative estimate of drug-likeness (QED) is 0.616. The zero-order valence-corrected chi connectivity index (χ0v) is 12.6. The maximum Gasteiger partial charge on any atom is -0.0184 e. The number of hydrogen-bond donors (Lipinski definition) is 0. The lowest BCUT2D eigenvalue weighted by atomic mass is 10.0. The zero-order valence-electron chi connectivity index (χ0n) is 12.6. The SMILES string of the molecule is CC1CCc2ccccc21.CC1Cc2ccccc2C1. The van der Waals surface area contributed by atoms with Crippen molar-refractivity contribution >= 4 is 0 Å². The fourth-order valence-electron chi connectivity index (χ4n) is 3.55. The van der Waals surface area contributed by atoms with Crippen LogP contribution in [0.2, 0.25) is 0 Å². The first-order valence-corrected chi connectivity index (χ1v) is 7.88. The first kappa shape index (κ1) is 13.4. The Balaban J connectivity index is 0.000000121. The molecule has 0 heterocycles. The number of hydrogen-bond acceptors (Lipinski definition) is 0. The van der Waals surface area contributed by atoms with Crippen LogP contribution >= 0.6 is 0 Å². The van der Waals surface area contributed by atoms with Crippen molar-refractivity contribution in [2.45, 2.75) is 45.4 Å². The smallest absolute Gasteiger partial charge is 0.0184 e. The molecule has 0 N–H and O–H groups in total. The first-order valence-electron chi connectivity index (χ1n) is 7.88. The average molecular weight is 264 g/mol. The molecule has 0 saturated carbocycles. The van der Waals surface area contributed by atoms with Crippen LogP contribution in [-0.2, 0) is 19.3 Å². The van der Waals surface area contributed by atoms with Crippen LogP contribution in [0.4, 0.5) is 0 Å². The lowest BCUT2D eigenvalue weighted by Gasteiger charge is -2.01. The van der Waals surface area contributed by atoms with Gasteiger partial charge in [-0.1, -0.05) is 62.4 Å². The van der Waals surface area contributed by atoms with Crippen molar-refractivity contribution in [3.8, 4) is 0 Å². The van der Waals surface area contributed by atoms with Crippen LogP contribution in [0.25, 0.3) is 0 Å². The molecule has 0 aromatic heterocycles. The Hall–Kier alpha value is -1.56. The summed E-state index contributed by atoms with van der Waals surface area (Å²) in [4.78, 5) is 0. The molecule has 1 unspecified atom stereocenters. The molecule has 0 heteroatoms. The Morgan fingerprint density at radius 3 is 1.90 bits per heavy atom. The summed E-state index contributed by atoms with van der Waals surface area (Å²) in [6, 6.07) is 17.6. The Kier molecular flexibility index (Phi) is 3.91. The van der Waals surface area contributed by atoms with Crippen LogP contribution in [0.3, 0.4) is 0 Å². The Labute approximate surface area is 122 Å². The highest BCUT2D eigenvalue weighted by atomic mass is 14.2. The third-order valence-electron chi connectivity index (χ3n) is 4.69. The van der Waals surface area contributed by atoms with E-state index < -0.39 is 0 Å². The molecule has 0 fully saturated rings. The van der Waals surface area contributed by atoms with E-state index in [9.17, 15) is 0 Å². The van der Waals surface area contributed by atoms with Gasteiger partial charge in [-0.05, 0) is 59.8 Å². The predicted molar refractivity (Wildman–Crippen MR) is 86.2 cm³/mol. The Morgan fingerprint density at radius 2 is 1.30 bits per heavy atom. The summed E-state index contributed by atoms with van der Waals surface area (Å²) >= 11 is 0. The van der Waals surface area contributed by atoms with Crippen LogP contribution < -0.4 is 0 Å². The second-order valence-corrected chi connectivity index (χ2v) is 6.42. The van der Waals surface area contributed by atoms with E-state index in [1.807, 2.05) is 0 Å². The van der Waals surface area contributed by atoms with Gasteiger partial charge >= 0.3 is 0 Å². The second kappa shape index (κ2) is 5.83. The maximum atomic E-state index is 2.32. The van der Waals surface area contributed by atoms with Crippen molar-refractivity contribution < 1.29 is 0 Å². The Morgan fingerprint density at radius 1 is 0.750 bits per heavy atom. The monoisotopic (exact) mass is 264 g/mol. The standard InChI is InChI=1S/2C10H12/c1-8-6-9-4-2-3-5-10(9)7-8;1-8-6-7-9-4-2-3-5-10(8)9/h2*2-5,8H,6-7H2,1H3. The van der Waals surface area contributed by atoms with Gasteiger partial charge in [0.2, 0.25) is 0 Å². The summed E-state index contributed by atoms with van der Waals surface area (Å²) < 4.78 is 0. The molecule has 0 radical (unpaired) electrons. The van der Waals surface area contributed by atoms with Crippen LogP contribution in [-0.4, -0.2) is 0 Å². The normalized spacial score (nSPS) is 20.0. The molecular formula is C20H24. The maximum absolute atomic E-state index is 2.32. The lowest BCUT2D eigenvalue weighted by molar-refractivity contribution is 0.628. The van der Waals surface area contributed by atoms with Crippen LogP contribution in [0, 0.1) is 5.92 Å². The molecule has 4 rings (SSSR count). The number of rotatable bonds is 0. The first-order chi connectivity index (χ1) is 9.74. The molecule has 0 aliphatic heterocycles. The van der Waals surface area contributed by atoms with Crippen molar-refractivity contribution in [2.75, 3.05) is 0 Å². The Bertz CT molecular complexity index is 557. The largest absolute Gasteiger partial charge is 0.0620 e. The van der Waals surface area contributed by atoms with Gasteiger partial charge in [0.15, 0.2) is 0 Å². The number of fused-ring (bicyclic) bond motifs is 2. The van der Waals surface area contributed by atoms with Crippen LogP contribution in [0.1, 0.15) is 48.4 Å². The molecule has 2 aliphatic rings. The number of aryl methyl sites for hydroxylation is 1. The van der Waals surface area contributed by atoms with Crippen molar-refractivity contribution in [2.24, 2.45) is 5.92 Å². The molecule has 0 bridgehead atoms. The van der Waals surface area contributed by atoms with E-state index in [4.69, 9.17) is 0 Å². The molecule has 2 aromatic carbocycles. The minimum Gasteiger partial charge on any atom is -0.0620 e. The van der Waals surface area contributed by atoms with Gasteiger partial charge in [-0.25, -0.2) is 0 Å². The van der Waals surface area contributed by atoms with Gasteiger partial charge in [0.25, 0.3) is 0 Å². The minimum absolute atomic E-state index is 0.802. The van der Waals surface area contributed by atoms with Gasteiger partial charge in [-0.3, -0.25) is 0 Å². The molecule has 2 aliphatic carbocycles. The molecule has 0 amide bonds. The number of benzene rings is 2. The molecule has 0 saturated heterocycles. The van der Waals surface area contributed by atoms with E-state index in [2.05, 4.69) is 62.4 Å². The van der Waals surface area contributed by atoms with Gasteiger partial charge in [-0.15, -0.1) is 0 Å². The average Bonchev–Trinajstić information content (AvgIpc) is 3.02. The van der Waals surface area contributed by atoms with Crippen LogP contribution in [0.15, 0.2) is 48.5 Å². The molecular weight excluding hydrogens is 240 g/mol. The van der Waals surface area contributed by atoms with Crippen molar-refractivity contribution in [3.05, 3.63) is 70.8 Å². The lowest BCUT2D eigenvalue weighted by Crippen LogP contribution is -1.89. The third kappa shape index (κ3) is 2.80. The highest BCUT2D eigenvalue weighted by molar-refractivity contribution is 5.34. The van der Waals surface area contributed by atoms with E-state index in [1.165, 1.54) is 25.7 Å². The summed E-state index contributed by atoms with van der Waals surface area (Å²) in [5.41, 5.74) is 6.27. The summed E-state index contributed by atoms with van der Waals surface area (Å²) in [5.74, 6) is 1.67. The van der Waals surface area contributed by atoms with E-state index in [0.717, 1.165) is 11.8 Å². The highest BCUT2D eigenvalue weighted by Crippen LogP contribution is 2.31. The molecule has 2 aromatic rings. The summed E-state index contributed by atoms with van der Waals surface area (Å²) in [7, 11) is 0. The highest BCUT2D eigenvalue weighted by Gasteiger charge is 2.16. The third-order valence-corrected chi connectivity index (χ3v) is 4.69. The van der Waals surface area contributed by atoms with Gasteiger partial charge in [0, 0.05) is 0 Å². The van der Waals surface area contributed by atoms with Gasteiger partial charge in [-0.2, -0.15) is 0 Å². The van der Waals surface area contributed by atoms with Crippen LogP contribution in [0.5, 0.6) is 0 Å². The van der Waals surface area contributed by atoms with E-state index in [-0.39, 0.29) is 0 Å². The van der Waals surface area contributed by atoms with Gasteiger partial charge < -0.3 is 0 Å². The molecule has 104 valence electrons.